The molecule has 0 amide bonds. The number of nitrogens with zero attached hydrogens (tertiary/aromatic N) is 1. The molecule has 2 aromatic rings. The zero-order valence-corrected chi connectivity index (χ0v) is 13.5. The fraction of sp³-hybridized carbons (Fsp3) is 0.533. The van der Waals surface area contributed by atoms with Gasteiger partial charge in [-0.15, -0.1) is 11.3 Å². The largest absolute Gasteiger partial charge is 0.477 e. The Morgan fingerprint density at radius 3 is 2.73 bits per heavy atom. The van der Waals surface area contributed by atoms with E-state index in [2.05, 4.69) is 11.9 Å². The Bertz CT molecular complexity index is 719. The Morgan fingerprint density at radius 2 is 2.05 bits per heavy atom. The number of aromatic nitrogens is 1. The maximum absolute atomic E-state index is 12.0. The Labute approximate surface area is 131 Å². The molecule has 0 aliphatic carbocycles. The maximum atomic E-state index is 12.0. The molecule has 0 atom stereocenters. The second-order valence-corrected chi connectivity index (χ2v) is 6.07. The van der Waals surface area contributed by atoms with Gasteiger partial charge in [-0.05, 0) is 18.9 Å². The van der Waals surface area contributed by atoms with Gasteiger partial charge in [-0.3, -0.25) is 0 Å². The normalized spacial score (nSPS) is 11.0. The minimum Gasteiger partial charge on any atom is -0.477 e. The summed E-state index contributed by atoms with van der Waals surface area (Å²) in [5, 5.41) is 9.31. The van der Waals surface area contributed by atoms with Crippen LogP contribution in [-0.2, 0) is 0 Å². The van der Waals surface area contributed by atoms with E-state index in [-0.39, 0.29) is 16.3 Å². The Morgan fingerprint density at radius 1 is 1.32 bits per heavy atom. The van der Waals surface area contributed by atoms with Gasteiger partial charge in [0.15, 0.2) is 0 Å². The molecule has 0 aromatic carbocycles. The molecule has 2 rings (SSSR count). The van der Waals surface area contributed by atoms with Crippen molar-refractivity contribution in [1.29, 1.82) is 0 Å². The molecule has 0 fully saturated rings. The van der Waals surface area contributed by atoms with Gasteiger partial charge in [-0.25, -0.2) is 9.59 Å². The van der Waals surface area contributed by atoms with Gasteiger partial charge in [0.1, 0.15) is 15.1 Å². The van der Waals surface area contributed by atoms with Crippen molar-refractivity contribution < 1.29 is 19.1 Å². The molecule has 7 heteroatoms. The number of unbranched alkanes of at least 4 members (excludes halogenated alkanes) is 4. The summed E-state index contributed by atoms with van der Waals surface area (Å²) in [5.74, 6) is -1.07. The van der Waals surface area contributed by atoms with Crippen LogP contribution in [0, 0.1) is 6.92 Å². The average molecular weight is 325 g/mol. The van der Waals surface area contributed by atoms with Gasteiger partial charge in [-0.2, -0.15) is 4.98 Å². The van der Waals surface area contributed by atoms with Crippen LogP contribution in [-0.4, -0.2) is 22.7 Å². The molecule has 1 N–H and O–H groups in total. The fourth-order valence-electron chi connectivity index (χ4n) is 2.18. The first-order chi connectivity index (χ1) is 10.5. The molecule has 0 unspecified atom stereocenters. The topological polar surface area (TPSA) is 89.6 Å². The molecule has 0 radical (unpaired) electrons. The molecular formula is C15H19NO5S. The van der Waals surface area contributed by atoms with E-state index in [9.17, 15) is 9.59 Å². The summed E-state index contributed by atoms with van der Waals surface area (Å²) < 4.78 is 10.4. The van der Waals surface area contributed by atoms with Crippen LogP contribution in [0.15, 0.2) is 9.21 Å². The van der Waals surface area contributed by atoms with Crippen LogP contribution in [0.5, 0.6) is 6.08 Å². The number of thiophene rings is 1. The third kappa shape index (κ3) is 3.65. The Hall–Kier alpha value is -1.89. The van der Waals surface area contributed by atoms with Crippen LogP contribution >= 0.6 is 11.3 Å². The molecular weight excluding hydrogens is 306 g/mol. The number of hydrogen-bond acceptors (Lipinski definition) is 6. The minimum atomic E-state index is -1.07. The predicted molar refractivity (Wildman–Crippen MR) is 84.1 cm³/mol. The van der Waals surface area contributed by atoms with Crippen LogP contribution in [0.2, 0.25) is 0 Å². The highest BCUT2D eigenvalue weighted by Crippen LogP contribution is 2.28. The van der Waals surface area contributed by atoms with Crippen molar-refractivity contribution in [2.75, 3.05) is 6.61 Å². The number of hydrogen-bond donors (Lipinski definition) is 1. The highest BCUT2D eigenvalue weighted by Gasteiger charge is 2.20. The van der Waals surface area contributed by atoms with E-state index < -0.39 is 11.6 Å². The molecule has 22 heavy (non-hydrogen) atoms. The van der Waals surface area contributed by atoms with Crippen molar-refractivity contribution in [2.24, 2.45) is 0 Å². The summed E-state index contributed by atoms with van der Waals surface area (Å²) in [7, 11) is 0. The third-order valence-electron chi connectivity index (χ3n) is 3.37. The number of fused-ring (bicyclic) bond motifs is 1. The summed E-state index contributed by atoms with van der Waals surface area (Å²) in [5.41, 5.74) is -0.216. The van der Waals surface area contributed by atoms with Gasteiger partial charge in [-0.1, -0.05) is 32.6 Å². The van der Waals surface area contributed by atoms with Crippen LogP contribution in [0.4, 0.5) is 0 Å². The number of carboxylic acid groups (broad SMARTS) is 1. The second kappa shape index (κ2) is 7.40. The molecule has 6 nitrogen and oxygen atoms in total. The summed E-state index contributed by atoms with van der Waals surface area (Å²) in [6, 6.07) is 0. The summed E-state index contributed by atoms with van der Waals surface area (Å²) in [6.07, 6.45) is 5.37. The second-order valence-electron chi connectivity index (χ2n) is 5.07. The van der Waals surface area contributed by atoms with E-state index in [0.717, 1.165) is 30.6 Å². The van der Waals surface area contributed by atoms with E-state index in [0.29, 0.717) is 17.0 Å². The first kappa shape index (κ1) is 16.5. The molecule has 0 aliphatic heterocycles. The first-order valence-electron chi connectivity index (χ1n) is 7.35. The average Bonchev–Trinajstić information content (AvgIpc) is 2.80. The molecule has 0 saturated carbocycles. The molecule has 2 heterocycles. The lowest BCUT2D eigenvalue weighted by atomic mass is 10.2. The van der Waals surface area contributed by atoms with Gasteiger partial charge in [0, 0.05) is 0 Å². The number of carbonyl (C=O) groups is 1. The zero-order chi connectivity index (χ0) is 16.1. The minimum absolute atomic E-state index is 0.0915. The smallest absolute Gasteiger partial charge is 0.397 e. The van der Waals surface area contributed by atoms with Gasteiger partial charge >= 0.3 is 17.7 Å². The van der Waals surface area contributed by atoms with Crippen molar-refractivity contribution in [3.63, 3.8) is 0 Å². The van der Waals surface area contributed by atoms with Gasteiger partial charge in [0.25, 0.3) is 0 Å². The molecule has 120 valence electrons. The predicted octanol–water partition coefficient (Wildman–Crippen LogP) is 3.61. The lowest BCUT2D eigenvalue weighted by Gasteiger charge is -2.03. The van der Waals surface area contributed by atoms with Crippen LogP contribution in [0.3, 0.4) is 0 Å². The Balaban J connectivity index is 2.10. The number of aryl methyl sites for hydroxylation is 1. The number of aromatic carboxylic acids is 1. The molecule has 0 bridgehead atoms. The number of carboxylic acids is 1. The monoisotopic (exact) mass is 325 g/mol. The fourth-order valence-corrected chi connectivity index (χ4v) is 3.18. The van der Waals surface area contributed by atoms with Crippen molar-refractivity contribution in [1.82, 2.24) is 4.98 Å². The summed E-state index contributed by atoms with van der Waals surface area (Å²) in [4.78, 5) is 27.6. The van der Waals surface area contributed by atoms with Crippen LogP contribution in [0.25, 0.3) is 10.2 Å². The summed E-state index contributed by atoms with van der Waals surface area (Å²) >= 11 is 0.960. The van der Waals surface area contributed by atoms with E-state index >= 15 is 0 Å². The first-order valence-corrected chi connectivity index (χ1v) is 8.16. The number of ether oxygens (including phenoxy) is 1. The van der Waals surface area contributed by atoms with Crippen molar-refractivity contribution in [3.05, 3.63) is 20.9 Å². The van der Waals surface area contributed by atoms with Crippen molar-refractivity contribution in [2.45, 2.75) is 46.0 Å². The third-order valence-corrected chi connectivity index (χ3v) is 4.55. The highest BCUT2D eigenvalue weighted by atomic mass is 32.1. The molecule has 2 aromatic heterocycles. The summed E-state index contributed by atoms with van der Waals surface area (Å²) in [6.45, 7) is 4.16. The lowest BCUT2D eigenvalue weighted by Crippen LogP contribution is -2.06. The molecule has 0 aliphatic rings. The quantitative estimate of drug-likeness (QED) is 0.746. The SMILES string of the molecule is CCCCCCCOc1nc2sc(C(=O)O)c(C)c2c(=O)o1. The molecule has 0 saturated heterocycles. The van der Waals surface area contributed by atoms with E-state index in [1.165, 1.54) is 12.8 Å². The van der Waals surface area contributed by atoms with Gasteiger partial charge in [0.2, 0.25) is 0 Å². The van der Waals surface area contributed by atoms with Gasteiger partial charge in [0.05, 0.1) is 6.61 Å². The zero-order valence-electron chi connectivity index (χ0n) is 12.7. The highest BCUT2D eigenvalue weighted by molar-refractivity contribution is 7.20. The van der Waals surface area contributed by atoms with Crippen LogP contribution in [0.1, 0.15) is 54.3 Å². The standard InChI is InChI=1S/C15H19NO5S/c1-3-4-5-6-7-8-20-15-16-12-10(14(19)21-15)9(2)11(22-12)13(17)18/h3-8H2,1-2H3,(H,17,18). The van der Waals surface area contributed by atoms with Crippen molar-refractivity contribution >= 4 is 27.5 Å². The molecule has 0 spiro atoms. The Kier molecular flexibility index (Phi) is 5.54. The van der Waals surface area contributed by atoms with E-state index in [1.807, 2.05) is 0 Å². The lowest BCUT2D eigenvalue weighted by molar-refractivity contribution is 0.0701. The van der Waals surface area contributed by atoms with Crippen LogP contribution < -0.4 is 10.4 Å². The van der Waals surface area contributed by atoms with E-state index in [1.54, 1.807) is 6.92 Å². The van der Waals surface area contributed by atoms with Gasteiger partial charge < -0.3 is 14.3 Å². The van der Waals surface area contributed by atoms with E-state index in [4.69, 9.17) is 14.3 Å². The number of rotatable bonds is 8. The maximum Gasteiger partial charge on any atom is 0.397 e. The van der Waals surface area contributed by atoms with Crippen molar-refractivity contribution in [3.8, 4) is 6.08 Å².